The van der Waals surface area contributed by atoms with E-state index in [2.05, 4.69) is 77.9 Å². The van der Waals surface area contributed by atoms with Gasteiger partial charge in [-0.3, -0.25) is 0 Å². The van der Waals surface area contributed by atoms with Crippen LogP contribution in [0.4, 0.5) is 0 Å². The summed E-state index contributed by atoms with van der Waals surface area (Å²) in [5.41, 5.74) is 19.3. The predicted molar refractivity (Wildman–Crippen MR) is 464 cm³/mol. The molecule has 0 saturated heterocycles. The van der Waals surface area contributed by atoms with Gasteiger partial charge in [0.2, 0.25) is 0 Å². The quantitative estimate of drug-likeness (QED) is 0.0357. The van der Waals surface area contributed by atoms with Gasteiger partial charge in [-0.1, -0.05) is 393 Å². The molecular weight excluding hydrogens is 1350 g/mol. The average Bonchev–Trinajstić information content (AvgIpc) is 1.52. The van der Waals surface area contributed by atoms with Gasteiger partial charge in [0.1, 0.15) is 22.1 Å². The van der Waals surface area contributed by atoms with Crippen molar-refractivity contribution in [2.45, 2.75) is 438 Å². The van der Waals surface area contributed by atoms with Crippen LogP contribution in [0.15, 0.2) is 36.4 Å². The van der Waals surface area contributed by atoms with Gasteiger partial charge < -0.3 is 0 Å². The van der Waals surface area contributed by atoms with Crippen LogP contribution in [0.2, 0.25) is 0 Å². The molecule has 5 aromatic heterocycles. The fourth-order valence-corrected chi connectivity index (χ4v) is 24.1. The normalized spacial score (nSPS) is 13.7. The van der Waals surface area contributed by atoms with Crippen LogP contribution in [0.3, 0.4) is 0 Å². The summed E-state index contributed by atoms with van der Waals surface area (Å²) in [6.07, 6.45) is 82.6. The van der Waals surface area contributed by atoms with Gasteiger partial charge in [-0.05, 0) is 109 Å². The molecule has 0 unspecified atom stereocenters. The Labute approximate surface area is 650 Å². The zero-order valence-electron chi connectivity index (χ0n) is 66.7. The highest BCUT2D eigenvalue weighted by Gasteiger charge is 2.50. The summed E-state index contributed by atoms with van der Waals surface area (Å²) in [6, 6.07) is 16.1. The van der Waals surface area contributed by atoms with Gasteiger partial charge in [-0.25, -0.2) is 0 Å². The predicted octanol–water partition coefficient (Wildman–Crippen LogP) is 34.5. The SMILES string of the molecule is CCCCCCCCCCCCCCCCC1(CCCCCCCCCCCCCCCC)c2cc3c(cc2-c2c1cc(C)c1nsnc21)C(CCCCCCCCCCCCCCCC)(CCCCCCCCCCCCCCCC)c1cc(-c2cc4sc5cc(C)sc5c4s2)c2nsnc2c1-3. The van der Waals surface area contributed by atoms with Crippen molar-refractivity contribution >= 4 is 98.3 Å². The molecule has 8 aromatic rings. The zero-order valence-corrected chi connectivity index (χ0v) is 70.8. The van der Waals surface area contributed by atoms with Crippen LogP contribution >= 0.6 is 57.5 Å². The van der Waals surface area contributed by atoms with E-state index in [1.807, 2.05) is 34.0 Å². The zero-order chi connectivity index (χ0) is 71.6. The number of fused-ring (bicyclic) bond motifs is 13. The summed E-state index contributed by atoms with van der Waals surface area (Å²) in [4.78, 5) is 2.79. The minimum atomic E-state index is -0.133. The number of nitrogens with zero attached hydrogens (tertiary/aromatic N) is 4. The van der Waals surface area contributed by atoms with Crippen LogP contribution in [-0.2, 0) is 10.8 Å². The van der Waals surface area contributed by atoms with E-state index in [1.54, 1.807) is 22.3 Å². The fourth-order valence-electron chi connectivity index (χ4n) is 19.0. The Bertz CT molecular complexity index is 3600. The van der Waals surface area contributed by atoms with E-state index >= 15 is 0 Å². The molecule has 9 heteroatoms. The molecule has 570 valence electrons. The molecule has 4 nitrogen and oxygen atoms in total. The first-order chi connectivity index (χ1) is 50.9. The van der Waals surface area contributed by atoms with Gasteiger partial charge in [0.05, 0.1) is 32.9 Å². The van der Waals surface area contributed by atoms with E-state index in [-0.39, 0.29) is 10.8 Å². The van der Waals surface area contributed by atoms with E-state index in [9.17, 15) is 0 Å². The van der Waals surface area contributed by atoms with Crippen molar-refractivity contribution in [3.8, 4) is 32.7 Å². The number of benzene rings is 3. The van der Waals surface area contributed by atoms with Crippen molar-refractivity contribution in [1.29, 1.82) is 0 Å². The number of hydrogen-bond donors (Lipinski definition) is 0. The molecule has 5 heterocycles. The van der Waals surface area contributed by atoms with E-state index in [0.29, 0.717) is 0 Å². The summed E-state index contributed by atoms with van der Waals surface area (Å²) in [6.45, 7) is 14.0. The minimum absolute atomic E-state index is 0.0845. The Morgan fingerprint density at radius 1 is 0.252 bits per heavy atom. The second-order valence-electron chi connectivity index (χ2n) is 33.3. The van der Waals surface area contributed by atoms with Crippen LogP contribution in [0.1, 0.15) is 446 Å². The van der Waals surface area contributed by atoms with E-state index < -0.39 is 0 Å². The first-order valence-electron chi connectivity index (χ1n) is 44.6. The van der Waals surface area contributed by atoms with Crippen molar-refractivity contribution in [3.63, 3.8) is 0 Å². The van der Waals surface area contributed by atoms with Crippen molar-refractivity contribution in [2.75, 3.05) is 0 Å². The molecule has 0 saturated carbocycles. The monoisotopic (exact) mass is 1490 g/mol. The number of aryl methyl sites for hydroxylation is 2. The summed E-state index contributed by atoms with van der Waals surface area (Å²) < 4.78 is 27.3. The van der Waals surface area contributed by atoms with Crippen molar-refractivity contribution in [3.05, 3.63) is 69.1 Å². The van der Waals surface area contributed by atoms with Gasteiger partial charge in [-0.15, -0.1) is 34.0 Å². The van der Waals surface area contributed by atoms with Gasteiger partial charge >= 0.3 is 0 Å². The lowest BCUT2D eigenvalue weighted by molar-refractivity contribution is 0.393. The van der Waals surface area contributed by atoms with Crippen molar-refractivity contribution in [1.82, 2.24) is 17.5 Å². The minimum Gasteiger partial charge on any atom is -0.173 e. The third-order valence-electron chi connectivity index (χ3n) is 25.1. The molecular formula is C94H144N4S5. The van der Waals surface area contributed by atoms with Crippen LogP contribution < -0.4 is 0 Å². The van der Waals surface area contributed by atoms with Crippen LogP contribution in [0, 0.1) is 13.8 Å². The Kier molecular flexibility index (Phi) is 36.6. The smallest absolute Gasteiger partial charge is 0.114 e. The molecule has 103 heavy (non-hydrogen) atoms. The summed E-state index contributed by atoms with van der Waals surface area (Å²) in [7, 11) is 0. The van der Waals surface area contributed by atoms with Gasteiger partial charge in [0.25, 0.3) is 0 Å². The molecule has 0 atom stereocenters. The number of rotatable bonds is 61. The van der Waals surface area contributed by atoms with E-state index in [0.717, 1.165) is 11.0 Å². The molecule has 0 bridgehead atoms. The lowest BCUT2D eigenvalue weighted by Crippen LogP contribution is -2.27. The molecule has 0 spiro atoms. The lowest BCUT2D eigenvalue weighted by atomic mass is 9.68. The maximum absolute atomic E-state index is 5.56. The average molecular weight is 1490 g/mol. The molecule has 0 N–H and O–H groups in total. The maximum atomic E-state index is 5.56. The van der Waals surface area contributed by atoms with Gasteiger partial charge in [0, 0.05) is 46.7 Å². The number of unbranched alkanes of at least 4 members (excludes halogenated alkanes) is 52. The second-order valence-corrected chi connectivity index (χ2v) is 37.8. The Morgan fingerprint density at radius 3 is 0.874 bits per heavy atom. The largest absolute Gasteiger partial charge is 0.173 e. The van der Waals surface area contributed by atoms with Crippen molar-refractivity contribution < 1.29 is 0 Å². The summed E-state index contributed by atoms with van der Waals surface area (Å²) in [5.74, 6) is 0. The van der Waals surface area contributed by atoms with Crippen molar-refractivity contribution in [2.24, 2.45) is 0 Å². The summed E-state index contributed by atoms with van der Waals surface area (Å²) >= 11 is 8.91. The Morgan fingerprint density at radius 2 is 0.524 bits per heavy atom. The topological polar surface area (TPSA) is 51.6 Å². The van der Waals surface area contributed by atoms with Crippen LogP contribution in [-0.4, -0.2) is 17.5 Å². The molecule has 0 fully saturated rings. The molecule has 2 aliphatic rings. The van der Waals surface area contributed by atoms with Gasteiger partial charge in [-0.2, -0.15) is 17.5 Å². The maximum Gasteiger partial charge on any atom is 0.114 e. The lowest BCUT2D eigenvalue weighted by Gasteiger charge is -2.35. The number of thiophene rings is 3. The number of aromatic nitrogens is 4. The van der Waals surface area contributed by atoms with Gasteiger partial charge in [0.15, 0.2) is 0 Å². The number of hydrogen-bond acceptors (Lipinski definition) is 9. The standard InChI is InChI=1S/C94H144N4S5/c1-7-11-15-19-23-27-31-35-39-43-47-51-55-59-63-93(64-60-56-52-48-44-40-36-32-28-24-20-16-12-8-2)78-70-76-79(69-75(78)85-80(93)67-73(5)87-89(85)97-102-95-87)94(65-61-57-53-49-45-41-37-33-29-25-21-17-13-9-3,66-62-58-54-50-46-42-38-34-30-26-22-18-14-10-4)81-71-77(88-90(86(76)81)98-103-96-88)82-72-84-92(101-82)91-83(100-84)68-74(6)99-91/h67-72H,7-66H2,1-6H3. The molecule has 3 aromatic carbocycles. The highest BCUT2D eigenvalue weighted by atomic mass is 32.1. The fraction of sp³-hybridized carbons (Fsp3) is 0.723. The van der Waals surface area contributed by atoms with Crippen LogP contribution in [0.25, 0.3) is 73.6 Å². The Balaban J connectivity index is 0.975. The molecule has 10 rings (SSSR count). The summed E-state index contributed by atoms with van der Waals surface area (Å²) in [5, 5.41) is 0. The molecule has 0 radical (unpaired) electrons. The van der Waals surface area contributed by atoms with E-state index in [4.69, 9.17) is 17.5 Å². The highest BCUT2D eigenvalue weighted by molar-refractivity contribution is 7.39. The highest BCUT2D eigenvalue weighted by Crippen LogP contribution is 2.64. The van der Waals surface area contributed by atoms with Crippen LogP contribution in [0.5, 0.6) is 0 Å². The van der Waals surface area contributed by atoms with E-state index in [1.165, 1.54) is 482 Å². The third-order valence-corrected chi connectivity index (χ3v) is 29.8. The first-order valence-corrected chi connectivity index (χ1v) is 48.5. The first kappa shape index (κ1) is 82.4. The molecule has 0 amide bonds. The third kappa shape index (κ3) is 23.0. The molecule has 2 aliphatic carbocycles. The Hall–Kier alpha value is -3.08. The second kappa shape index (κ2) is 45.8. The molecule has 0 aliphatic heterocycles.